The van der Waals surface area contributed by atoms with E-state index in [2.05, 4.69) is 6.92 Å². The number of amides is 1. The van der Waals surface area contributed by atoms with E-state index < -0.39 is 0 Å². The van der Waals surface area contributed by atoms with Crippen molar-refractivity contribution < 1.29 is 9.53 Å². The van der Waals surface area contributed by atoms with E-state index in [1.54, 1.807) is 0 Å². The van der Waals surface area contributed by atoms with Crippen molar-refractivity contribution in [2.75, 3.05) is 19.7 Å². The van der Waals surface area contributed by atoms with E-state index in [9.17, 15) is 4.79 Å². The average Bonchev–Trinajstić information content (AvgIpc) is 2.86. The van der Waals surface area contributed by atoms with E-state index in [4.69, 9.17) is 22.7 Å². The number of rotatable bonds is 8. The number of thiocarbonyl (C=S) groups is 1. The third-order valence-electron chi connectivity index (χ3n) is 3.18. The van der Waals surface area contributed by atoms with E-state index in [0.717, 1.165) is 38.6 Å². The summed E-state index contributed by atoms with van der Waals surface area (Å²) in [7, 11) is 0. The van der Waals surface area contributed by atoms with Gasteiger partial charge in [0.1, 0.15) is 6.10 Å². The van der Waals surface area contributed by atoms with Crippen molar-refractivity contribution in [2.24, 2.45) is 5.73 Å². The molecule has 5 heteroatoms. The predicted octanol–water partition coefficient (Wildman–Crippen LogP) is 1.86. The largest absolute Gasteiger partial charge is 0.393 e. The molecule has 0 aromatic carbocycles. The Morgan fingerprint density at radius 1 is 1.44 bits per heavy atom. The zero-order valence-corrected chi connectivity index (χ0v) is 12.0. The number of nitrogens with zero attached hydrogens (tertiary/aromatic N) is 1. The van der Waals surface area contributed by atoms with Crippen LogP contribution in [0.5, 0.6) is 0 Å². The Hall–Kier alpha value is -0.680. The zero-order valence-electron chi connectivity index (χ0n) is 11.2. The van der Waals surface area contributed by atoms with Crippen LogP contribution in [-0.2, 0) is 9.53 Å². The minimum atomic E-state index is -0.238. The molecule has 18 heavy (non-hydrogen) atoms. The van der Waals surface area contributed by atoms with Crippen molar-refractivity contribution in [3.05, 3.63) is 0 Å². The summed E-state index contributed by atoms with van der Waals surface area (Å²) in [5, 5.41) is 0. The number of carbonyl (C=O) groups excluding carboxylic acids is 1. The van der Waals surface area contributed by atoms with E-state index in [0.29, 0.717) is 24.6 Å². The fourth-order valence-electron chi connectivity index (χ4n) is 2.11. The maximum Gasteiger partial charge on any atom is 0.251 e. The first-order chi connectivity index (χ1) is 8.65. The van der Waals surface area contributed by atoms with Gasteiger partial charge in [0.2, 0.25) is 0 Å². The van der Waals surface area contributed by atoms with Gasteiger partial charge in [0.25, 0.3) is 5.91 Å². The summed E-state index contributed by atoms with van der Waals surface area (Å²) in [6.45, 7) is 4.27. The molecule has 0 aromatic rings. The van der Waals surface area contributed by atoms with Crippen molar-refractivity contribution in [1.82, 2.24) is 4.90 Å². The second-order valence-corrected chi connectivity index (χ2v) is 5.27. The molecule has 1 amide bonds. The lowest BCUT2D eigenvalue weighted by atomic mass is 10.2. The highest BCUT2D eigenvalue weighted by Gasteiger charge is 2.27. The summed E-state index contributed by atoms with van der Waals surface area (Å²) in [6.07, 6.45) is 5.51. The van der Waals surface area contributed by atoms with Crippen LogP contribution in [0.4, 0.5) is 0 Å². The summed E-state index contributed by atoms with van der Waals surface area (Å²) >= 11 is 4.88. The molecule has 1 aliphatic rings. The second-order valence-electron chi connectivity index (χ2n) is 4.75. The summed E-state index contributed by atoms with van der Waals surface area (Å²) < 4.78 is 5.45. The molecule has 1 unspecified atom stereocenters. The lowest BCUT2D eigenvalue weighted by Crippen LogP contribution is -2.41. The third-order valence-corrected chi connectivity index (χ3v) is 3.38. The topological polar surface area (TPSA) is 55.6 Å². The van der Waals surface area contributed by atoms with Gasteiger partial charge in [0, 0.05) is 26.1 Å². The molecule has 0 spiro atoms. The molecular formula is C13H24N2O2S. The quantitative estimate of drug-likeness (QED) is 0.541. The van der Waals surface area contributed by atoms with E-state index in [-0.39, 0.29) is 12.0 Å². The van der Waals surface area contributed by atoms with Gasteiger partial charge >= 0.3 is 0 Å². The Bertz CT molecular complexity index is 278. The van der Waals surface area contributed by atoms with Gasteiger partial charge in [-0.15, -0.1) is 0 Å². The molecule has 1 rings (SSSR count). The number of ether oxygens (including phenoxy) is 1. The van der Waals surface area contributed by atoms with Crippen LogP contribution in [0.15, 0.2) is 0 Å². The number of hydrogen-bond donors (Lipinski definition) is 1. The van der Waals surface area contributed by atoms with Crippen LogP contribution >= 0.6 is 12.2 Å². The van der Waals surface area contributed by atoms with Crippen LogP contribution in [0.25, 0.3) is 0 Å². The Morgan fingerprint density at radius 3 is 2.78 bits per heavy atom. The summed E-state index contributed by atoms with van der Waals surface area (Å²) in [4.78, 5) is 14.6. The molecule has 4 nitrogen and oxygen atoms in total. The fraction of sp³-hybridized carbons (Fsp3) is 0.846. The Balaban J connectivity index is 2.45. The molecule has 0 radical (unpaired) electrons. The number of unbranched alkanes of at least 4 members (excludes halogenated alkanes) is 2. The molecule has 2 N–H and O–H groups in total. The normalized spacial score (nSPS) is 18.8. The van der Waals surface area contributed by atoms with Gasteiger partial charge in [-0.25, -0.2) is 0 Å². The van der Waals surface area contributed by atoms with Crippen molar-refractivity contribution >= 4 is 23.1 Å². The smallest absolute Gasteiger partial charge is 0.251 e. The monoisotopic (exact) mass is 272 g/mol. The van der Waals surface area contributed by atoms with Gasteiger partial charge in [0.05, 0.1) is 4.99 Å². The molecular weight excluding hydrogens is 248 g/mol. The Kier molecular flexibility index (Phi) is 7.20. The summed E-state index contributed by atoms with van der Waals surface area (Å²) in [5.74, 6) is 0.111. The van der Waals surface area contributed by atoms with Gasteiger partial charge in [-0.3, -0.25) is 4.79 Å². The van der Waals surface area contributed by atoms with Crippen molar-refractivity contribution in [1.29, 1.82) is 0 Å². The lowest BCUT2D eigenvalue weighted by Gasteiger charge is -2.25. The van der Waals surface area contributed by atoms with Crippen LogP contribution in [0.2, 0.25) is 0 Å². The van der Waals surface area contributed by atoms with Crippen molar-refractivity contribution in [2.45, 2.75) is 51.6 Å². The highest BCUT2D eigenvalue weighted by atomic mass is 32.1. The summed E-state index contributed by atoms with van der Waals surface area (Å²) in [6, 6.07) is 0. The van der Waals surface area contributed by atoms with Crippen LogP contribution in [0.1, 0.15) is 45.4 Å². The van der Waals surface area contributed by atoms with E-state index in [1.807, 2.05) is 4.90 Å². The first-order valence-corrected chi connectivity index (χ1v) is 7.24. The number of nitrogens with two attached hydrogens (primary N) is 1. The van der Waals surface area contributed by atoms with Crippen molar-refractivity contribution in [3.63, 3.8) is 0 Å². The maximum atomic E-state index is 12.3. The second kappa shape index (κ2) is 8.43. The Labute approximate surface area is 115 Å². The molecule has 104 valence electrons. The molecule has 1 saturated heterocycles. The first-order valence-electron chi connectivity index (χ1n) is 6.83. The molecule has 1 fully saturated rings. The molecule has 0 aliphatic carbocycles. The minimum absolute atomic E-state index is 0.111. The highest BCUT2D eigenvalue weighted by molar-refractivity contribution is 7.80. The SMILES string of the molecule is CCCCCN(CCC(N)=S)C(=O)C1CCCO1. The molecule has 1 atom stereocenters. The maximum absolute atomic E-state index is 12.3. The number of carbonyl (C=O) groups is 1. The summed E-state index contributed by atoms with van der Waals surface area (Å²) in [5.41, 5.74) is 5.51. The van der Waals surface area contributed by atoms with Gasteiger partial charge in [0.15, 0.2) is 0 Å². The van der Waals surface area contributed by atoms with E-state index >= 15 is 0 Å². The van der Waals surface area contributed by atoms with Crippen molar-refractivity contribution in [3.8, 4) is 0 Å². The fourth-order valence-corrected chi connectivity index (χ4v) is 2.20. The zero-order chi connectivity index (χ0) is 13.4. The van der Waals surface area contributed by atoms with E-state index in [1.165, 1.54) is 0 Å². The standard InChI is InChI=1S/C13H24N2O2S/c1-2-3-4-8-15(9-7-12(14)18)13(16)11-6-5-10-17-11/h11H,2-10H2,1H3,(H2,14,18). The van der Waals surface area contributed by atoms with Crippen LogP contribution < -0.4 is 5.73 Å². The predicted molar refractivity (Wildman–Crippen MR) is 76.5 cm³/mol. The first kappa shape index (κ1) is 15.4. The average molecular weight is 272 g/mol. The Morgan fingerprint density at radius 2 is 2.22 bits per heavy atom. The minimum Gasteiger partial charge on any atom is -0.393 e. The molecule has 0 aromatic heterocycles. The van der Waals surface area contributed by atoms with Gasteiger partial charge in [-0.05, 0) is 19.3 Å². The van der Waals surface area contributed by atoms with Gasteiger partial charge < -0.3 is 15.4 Å². The molecule has 0 saturated carbocycles. The van der Waals surface area contributed by atoms with Gasteiger partial charge in [-0.1, -0.05) is 32.0 Å². The third kappa shape index (κ3) is 5.31. The molecule has 0 bridgehead atoms. The van der Waals surface area contributed by atoms with Crippen LogP contribution in [0, 0.1) is 0 Å². The highest BCUT2D eigenvalue weighted by Crippen LogP contribution is 2.15. The van der Waals surface area contributed by atoms with Crippen LogP contribution in [-0.4, -0.2) is 41.6 Å². The lowest BCUT2D eigenvalue weighted by molar-refractivity contribution is -0.140. The molecule has 1 heterocycles. The molecule has 1 aliphatic heterocycles. The van der Waals surface area contributed by atoms with Gasteiger partial charge in [-0.2, -0.15) is 0 Å². The van der Waals surface area contributed by atoms with Crippen LogP contribution in [0.3, 0.4) is 0 Å². The number of hydrogen-bond acceptors (Lipinski definition) is 3.